The third-order valence-electron chi connectivity index (χ3n) is 5.64. The van der Waals surface area contributed by atoms with Gasteiger partial charge >= 0.3 is 5.97 Å². The standard InChI is InChI=1S/C26H36O7/c1-25(2,3)16-11-14(13-27)18(22(32-9)20(16)30-7)19-15(24(28)29)12-17(26(4,5)6)21(31-8)23(19)33-10/h11-12,27H,13H2,1-10H3,(H,28,29). The molecule has 2 rings (SSSR count). The molecular weight excluding hydrogens is 424 g/mol. The molecule has 0 atom stereocenters. The lowest BCUT2D eigenvalue weighted by molar-refractivity contribution is 0.0697. The van der Waals surface area contributed by atoms with E-state index in [0.717, 1.165) is 5.56 Å². The van der Waals surface area contributed by atoms with Crippen LogP contribution in [-0.2, 0) is 17.4 Å². The maximum absolute atomic E-state index is 12.5. The van der Waals surface area contributed by atoms with Gasteiger partial charge in [0, 0.05) is 22.3 Å². The van der Waals surface area contributed by atoms with Gasteiger partial charge in [0.15, 0.2) is 23.0 Å². The van der Waals surface area contributed by atoms with Crippen molar-refractivity contribution in [1.29, 1.82) is 0 Å². The SMILES string of the molecule is COc1c(C(C)(C)C)cc(CO)c(-c2c(C(=O)O)cc(C(C)(C)C)c(OC)c2OC)c1OC. The summed E-state index contributed by atoms with van der Waals surface area (Å²) in [6.45, 7) is 11.6. The molecule has 7 nitrogen and oxygen atoms in total. The maximum atomic E-state index is 12.5. The molecule has 182 valence electrons. The molecule has 0 aliphatic rings. The van der Waals surface area contributed by atoms with Crippen molar-refractivity contribution in [2.45, 2.75) is 59.0 Å². The van der Waals surface area contributed by atoms with Gasteiger partial charge in [0.25, 0.3) is 0 Å². The fraction of sp³-hybridized carbons (Fsp3) is 0.500. The zero-order chi connectivity index (χ0) is 25.3. The van der Waals surface area contributed by atoms with Gasteiger partial charge < -0.3 is 29.2 Å². The van der Waals surface area contributed by atoms with E-state index in [1.807, 2.05) is 47.6 Å². The van der Waals surface area contributed by atoms with E-state index in [4.69, 9.17) is 18.9 Å². The first kappa shape index (κ1) is 26.3. The summed E-state index contributed by atoms with van der Waals surface area (Å²) >= 11 is 0. The molecule has 0 aromatic heterocycles. The summed E-state index contributed by atoms with van der Waals surface area (Å²) in [4.78, 5) is 12.5. The lowest BCUT2D eigenvalue weighted by Gasteiger charge is -2.29. The molecule has 2 aromatic carbocycles. The van der Waals surface area contributed by atoms with Gasteiger partial charge in [-0.05, 0) is 28.5 Å². The number of aromatic carboxylic acids is 1. The Bertz CT molecular complexity index is 1040. The third-order valence-corrected chi connectivity index (χ3v) is 5.64. The zero-order valence-corrected chi connectivity index (χ0v) is 21.3. The average molecular weight is 461 g/mol. The Labute approximate surface area is 196 Å². The quantitative estimate of drug-likeness (QED) is 0.588. The van der Waals surface area contributed by atoms with Crippen LogP contribution in [0.5, 0.6) is 23.0 Å². The van der Waals surface area contributed by atoms with E-state index in [-0.39, 0.29) is 28.9 Å². The molecule has 2 N–H and O–H groups in total. The van der Waals surface area contributed by atoms with Crippen LogP contribution < -0.4 is 18.9 Å². The van der Waals surface area contributed by atoms with Gasteiger partial charge in [0.1, 0.15) is 0 Å². The minimum atomic E-state index is -1.14. The summed E-state index contributed by atoms with van der Waals surface area (Å²) in [5, 5.41) is 20.5. The van der Waals surface area contributed by atoms with Crippen LogP contribution in [0.3, 0.4) is 0 Å². The minimum absolute atomic E-state index is 0.0103. The van der Waals surface area contributed by atoms with E-state index >= 15 is 0 Å². The van der Waals surface area contributed by atoms with Gasteiger partial charge in [-0.1, -0.05) is 41.5 Å². The van der Waals surface area contributed by atoms with Crippen LogP contribution in [0, 0.1) is 0 Å². The van der Waals surface area contributed by atoms with Crippen molar-refractivity contribution in [3.8, 4) is 34.1 Å². The molecule has 2 aromatic rings. The second-order valence-corrected chi connectivity index (χ2v) is 9.90. The van der Waals surface area contributed by atoms with Gasteiger partial charge in [-0.15, -0.1) is 0 Å². The van der Waals surface area contributed by atoms with Crippen molar-refractivity contribution in [1.82, 2.24) is 0 Å². The zero-order valence-electron chi connectivity index (χ0n) is 21.3. The molecule has 0 saturated carbocycles. The second-order valence-electron chi connectivity index (χ2n) is 9.90. The van der Waals surface area contributed by atoms with Gasteiger partial charge in [-0.25, -0.2) is 4.79 Å². The van der Waals surface area contributed by atoms with E-state index < -0.39 is 11.4 Å². The first-order valence-electron chi connectivity index (χ1n) is 10.7. The second kappa shape index (κ2) is 9.51. The van der Waals surface area contributed by atoms with Crippen molar-refractivity contribution in [2.75, 3.05) is 28.4 Å². The van der Waals surface area contributed by atoms with E-state index in [1.165, 1.54) is 28.4 Å². The van der Waals surface area contributed by atoms with E-state index in [0.29, 0.717) is 33.9 Å². The number of hydrogen-bond acceptors (Lipinski definition) is 6. The highest BCUT2D eigenvalue weighted by molar-refractivity contribution is 6.02. The summed E-state index contributed by atoms with van der Waals surface area (Å²) in [6, 6.07) is 3.43. The molecule has 0 aliphatic heterocycles. The molecule has 0 saturated heterocycles. The summed E-state index contributed by atoms with van der Waals surface area (Å²) < 4.78 is 23.0. The number of aliphatic hydroxyl groups excluding tert-OH is 1. The van der Waals surface area contributed by atoms with Gasteiger partial charge in [-0.3, -0.25) is 0 Å². The van der Waals surface area contributed by atoms with Crippen molar-refractivity contribution in [3.63, 3.8) is 0 Å². The number of methoxy groups -OCH3 is 4. The number of carbonyl (C=O) groups is 1. The summed E-state index contributed by atoms with van der Waals surface area (Å²) in [5.41, 5.74) is 1.91. The molecule has 0 unspecified atom stereocenters. The summed E-state index contributed by atoms with van der Waals surface area (Å²) in [7, 11) is 6.01. The fourth-order valence-electron chi connectivity index (χ4n) is 4.06. The Morgan fingerprint density at radius 3 is 1.45 bits per heavy atom. The van der Waals surface area contributed by atoms with Crippen LogP contribution in [0.15, 0.2) is 12.1 Å². The highest BCUT2D eigenvalue weighted by Crippen LogP contribution is 2.53. The van der Waals surface area contributed by atoms with E-state index in [9.17, 15) is 15.0 Å². The van der Waals surface area contributed by atoms with Gasteiger partial charge in [0.05, 0.1) is 40.6 Å². The Kier molecular flexibility index (Phi) is 7.59. The van der Waals surface area contributed by atoms with Crippen LogP contribution in [0.25, 0.3) is 11.1 Å². The predicted octanol–water partition coefficient (Wildman–Crippen LogP) is 5.17. The first-order valence-corrected chi connectivity index (χ1v) is 10.7. The highest BCUT2D eigenvalue weighted by Gasteiger charge is 2.34. The molecule has 0 radical (unpaired) electrons. The van der Waals surface area contributed by atoms with Crippen molar-refractivity contribution >= 4 is 5.97 Å². The first-order chi connectivity index (χ1) is 15.3. The number of carboxylic acid groups (broad SMARTS) is 1. The largest absolute Gasteiger partial charge is 0.493 e. The number of benzene rings is 2. The Morgan fingerprint density at radius 1 is 0.727 bits per heavy atom. The van der Waals surface area contributed by atoms with E-state index in [2.05, 4.69) is 0 Å². The highest BCUT2D eigenvalue weighted by atomic mass is 16.5. The average Bonchev–Trinajstić information content (AvgIpc) is 2.74. The molecule has 0 bridgehead atoms. The summed E-state index contributed by atoms with van der Waals surface area (Å²) in [5.74, 6) is 0.326. The number of hydrogen-bond donors (Lipinski definition) is 2. The molecule has 33 heavy (non-hydrogen) atoms. The smallest absolute Gasteiger partial charge is 0.336 e. The number of ether oxygens (including phenoxy) is 4. The number of carboxylic acids is 1. The summed E-state index contributed by atoms with van der Waals surface area (Å²) in [6.07, 6.45) is 0. The van der Waals surface area contributed by atoms with E-state index in [1.54, 1.807) is 6.07 Å². The predicted molar refractivity (Wildman–Crippen MR) is 128 cm³/mol. The molecular formula is C26H36O7. The molecule has 0 heterocycles. The molecule has 0 fully saturated rings. The maximum Gasteiger partial charge on any atom is 0.336 e. The number of rotatable bonds is 7. The van der Waals surface area contributed by atoms with Crippen LogP contribution in [-0.4, -0.2) is 44.6 Å². The fourth-order valence-corrected chi connectivity index (χ4v) is 4.06. The lowest BCUT2D eigenvalue weighted by atomic mass is 9.80. The Balaban J connectivity index is 3.23. The normalized spacial score (nSPS) is 11.8. The van der Waals surface area contributed by atoms with Crippen molar-refractivity contribution in [3.05, 3.63) is 34.4 Å². The van der Waals surface area contributed by atoms with Gasteiger partial charge in [-0.2, -0.15) is 0 Å². The molecule has 0 spiro atoms. The molecule has 0 aliphatic carbocycles. The van der Waals surface area contributed by atoms with Crippen molar-refractivity contribution < 1.29 is 34.0 Å². The van der Waals surface area contributed by atoms with Crippen LogP contribution in [0.4, 0.5) is 0 Å². The third kappa shape index (κ3) is 4.74. The van der Waals surface area contributed by atoms with Crippen LogP contribution >= 0.6 is 0 Å². The van der Waals surface area contributed by atoms with Gasteiger partial charge in [0.2, 0.25) is 0 Å². The van der Waals surface area contributed by atoms with Crippen molar-refractivity contribution in [2.24, 2.45) is 0 Å². The molecule has 7 heteroatoms. The molecule has 0 amide bonds. The van der Waals surface area contributed by atoms with Crippen LogP contribution in [0.1, 0.15) is 68.6 Å². The topological polar surface area (TPSA) is 94.5 Å². The number of aliphatic hydroxyl groups is 1. The lowest BCUT2D eigenvalue weighted by Crippen LogP contribution is -2.18. The Morgan fingerprint density at radius 2 is 1.12 bits per heavy atom. The Hall–Kier alpha value is -2.93. The van der Waals surface area contributed by atoms with Crippen LogP contribution in [0.2, 0.25) is 0 Å². The minimum Gasteiger partial charge on any atom is -0.493 e. The monoisotopic (exact) mass is 460 g/mol.